The molecule has 0 radical (unpaired) electrons. The van der Waals surface area contributed by atoms with Crippen LogP contribution in [0.3, 0.4) is 0 Å². The van der Waals surface area contributed by atoms with E-state index < -0.39 is 0 Å². The molecule has 1 atom stereocenters. The molecule has 1 saturated carbocycles. The van der Waals surface area contributed by atoms with E-state index >= 15 is 0 Å². The molecule has 22 heavy (non-hydrogen) atoms. The Morgan fingerprint density at radius 1 is 1.23 bits per heavy atom. The van der Waals surface area contributed by atoms with Gasteiger partial charge in [-0.25, -0.2) is 4.79 Å². The van der Waals surface area contributed by atoms with Crippen molar-refractivity contribution in [1.29, 1.82) is 0 Å². The quantitative estimate of drug-likeness (QED) is 0.840. The molecular formula is C16H23N3O2S. The van der Waals surface area contributed by atoms with Crippen LogP contribution in [0.15, 0.2) is 17.5 Å². The number of anilines is 1. The third kappa shape index (κ3) is 3.80. The van der Waals surface area contributed by atoms with Gasteiger partial charge in [0.05, 0.1) is 11.0 Å². The first-order valence-corrected chi connectivity index (χ1v) is 9.01. The van der Waals surface area contributed by atoms with Gasteiger partial charge >= 0.3 is 6.03 Å². The van der Waals surface area contributed by atoms with Crippen LogP contribution in [0.4, 0.5) is 9.80 Å². The number of amides is 3. The number of rotatable bonds is 3. The number of carbonyl (C=O) groups excluding carboxylic acids is 2. The first kappa shape index (κ1) is 15.3. The summed E-state index contributed by atoms with van der Waals surface area (Å²) >= 11 is 1.49. The molecule has 2 fully saturated rings. The summed E-state index contributed by atoms with van der Waals surface area (Å²) in [6, 6.07) is 3.84. The lowest BCUT2D eigenvalue weighted by Crippen LogP contribution is -2.41. The summed E-state index contributed by atoms with van der Waals surface area (Å²) in [7, 11) is 0. The van der Waals surface area contributed by atoms with Gasteiger partial charge in [-0.05, 0) is 30.4 Å². The highest BCUT2D eigenvalue weighted by molar-refractivity contribution is 7.14. The van der Waals surface area contributed by atoms with E-state index in [0.29, 0.717) is 19.0 Å². The molecule has 2 aliphatic rings. The lowest BCUT2D eigenvalue weighted by atomic mass is 10.1. The van der Waals surface area contributed by atoms with Crippen molar-refractivity contribution in [3.63, 3.8) is 0 Å². The molecular weight excluding hydrogens is 298 g/mol. The summed E-state index contributed by atoms with van der Waals surface area (Å²) in [6.07, 6.45) is 7.64. The van der Waals surface area contributed by atoms with Crippen LogP contribution in [0.25, 0.3) is 0 Å². The zero-order valence-corrected chi connectivity index (χ0v) is 13.5. The summed E-state index contributed by atoms with van der Waals surface area (Å²) in [6.45, 7) is 0.654. The lowest BCUT2D eigenvalue weighted by molar-refractivity contribution is -0.129. The minimum atomic E-state index is -0.219. The van der Waals surface area contributed by atoms with Crippen molar-refractivity contribution < 1.29 is 9.59 Å². The predicted octanol–water partition coefficient (Wildman–Crippen LogP) is 3.19. The molecule has 6 heteroatoms. The van der Waals surface area contributed by atoms with Gasteiger partial charge < -0.3 is 10.2 Å². The number of nitrogens with zero attached hydrogens (tertiary/aromatic N) is 1. The Kier molecular flexibility index (Phi) is 4.97. The molecule has 2 N–H and O–H groups in total. The van der Waals surface area contributed by atoms with Gasteiger partial charge in [0, 0.05) is 19.0 Å². The first-order chi connectivity index (χ1) is 10.7. The second-order valence-corrected chi connectivity index (χ2v) is 7.12. The molecule has 0 spiro atoms. The molecule has 1 saturated heterocycles. The predicted molar refractivity (Wildman–Crippen MR) is 88.1 cm³/mol. The molecule has 2 heterocycles. The third-order valence-electron chi connectivity index (χ3n) is 4.52. The van der Waals surface area contributed by atoms with Crippen molar-refractivity contribution in [2.45, 2.75) is 57.0 Å². The van der Waals surface area contributed by atoms with Crippen molar-refractivity contribution >= 4 is 28.3 Å². The van der Waals surface area contributed by atoms with E-state index in [4.69, 9.17) is 0 Å². The van der Waals surface area contributed by atoms with E-state index in [9.17, 15) is 9.59 Å². The minimum absolute atomic E-state index is 0.0734. The van der Waals surface area contributed by atoms with Crippen molar-refractivity contribution in [1.82, 2.24) is 10.2 Å². The van der Waals surface area contributed by atoms with Gasteiger partial charge in [0.2, 0.25) is 5.91 Å². The third-order valence-corrected chi connectivity index (χ3v) is 5.30. The fourth-order valence-electron chi connectivity index (χ4n) is 3.43. The van der Waals surface area contributed by atoms with Crippen molar-refractivity contribution in [3.8, 4) is 0 Å². The standard InChI is InChI=1S/C16H23N3O2S/c20-15-10-12(17-16(21)18-14-8-5-9-22-14)11-19(15)13-6-3-1-2-4-7-13/h5,8-9,12-13H,1-4,6-7,10-11H2,(H2,17,18,21)/t12-/m1/s1. The zero-order valence-electron chi connectivity index (χ0n) is 12.7. The van der Waals surface area contributed by atoms with Crippen LogP contribution in [0.5, 0.6) is 0 Å². The van der Waals surface area contributed by atoms with Gasteiger partial charge in [0.25, 0.3) is 0 Å². The Hall–Kier alpha value is -1.56. The maximum Gasteiger partial charge on any atom is 0.320 e. The van der Waals surface area contributed by atoms with Gasteiger partial charge in [-0.2, -0.15) is 0 Å². The Labute approximate surface area is 135 Å². The molecule has 5 nitrogen and oxygen atoms in total. The molecule has 3 rings (SSSR count). The Bertz CT molecular complexity index is 509. The highest BCUT2D eigenvalue weighted by Crippen LogP contribution is 2.26. The maximum absolute atomic E-state index is 12.3. The average Bonchev–Trinajstić information content (AvgIpc) is 3.01. The molecule has 1 aromatic rings. The number of urea groups is 1. The van der Waals surface area contributed by atoms with Crippen LogP contribution in [0, 0.1) is 0 Å². The van der Waals surface area contributed by atoms with Gasteiger partial charge in [-0.15, -0.1) is 11.3 Å². The normalized spacial score (nSPS) is 23.4. The molecule has 1 aromatic heterocycles. The Balaban J connectivity index is 1.51. The monoisotopic (exact) mass is 321 g/mol. The van der Waals surface area contributed by atoms with Gasteiger partial charge in [0.15, 0.2) is 0 Å². The van der Waals surface area contributed by atoms with Crippen LogP contribution in [0.1, 0.15) is 44.9 Å². The second kappa shape index (κ2) is 7.13. The van der Waals surface area contributed by atoms with E-state index in [1.165, 1.54) is 37.0 Å². The molecule has 0 aromatic carbocycles. The average molecular weight is 321 g/mol. The molecule has 1 aliphatic heterocycles. The zero-order chi connectivity index (χ0) is 15.4. The number of likely N-dealkylation sites (tertiary alicyclic amines) is 1. The fourth-order valence-corrected chi connectivity index (χ4v) is 4.05. The molecule has 0 bridgehead atoms. The Morgan fingerprint density at radius 3 is 2.68 bits per heavy atom. The SMILES string of the molecule is O=C(Nc1cccs1)N[C@@H]1CC(=O)N(C2CCCCCC2)C1. The number of thiophene rings is 1. The summed E-state index contributed by atoms with van der Waals surface area (Å²) in [4.78, 5) is 26.2. The first-order valence-electron chi connectivity index (χ1n) is 8.13. The van der Waals surface area contributed by atoms with E-state index in [1.807, 2.05) is 22.4 Å². The van der Waals surface area contributed by atoms with E-state index in [1.54, 1.807) is 0 Å². The molecule has 0 unspecified atom stereocenters. The summed E-state index contributed by atoms with van der Waals surface area (Å²) in [5, 5.41) is 8.47. The van der Waals surface area contributed by atoms with Gasteiger partial charge in [-0.3, -0.25) is 10.1 Å². The molecule has 1 aliphatic carbocycles. The largest absolute Gasteiger partial charge is 0.338 e. The van der Waals surface area contributed by atoms with E-state index in [2.05, 4.69) is 10.6 Å². The number of hydrogen-bond donors (Lipinski definition) is 2. The fraction of sp³-hybridized carbons (Fsp3) is 0.625. The topological polar surface area (TPSA) is 61.4 Å². The van der Waals surface area contributed by atoms with Crippen LogP contribution in [0.2, 0.25) is 0 Å². The minimum Gasteiger partial charge on any atom is -0.338 e. The summed E-state index contributed by atoms with van der Waals surface area (Å²) in [5.41, 5.74) is 0. The number of hydrogen-bond acceptors (Lipinski definition) is 3. The highest BCUT2D eigenvalue weighted by Gasteiger charge is 2.35. The summed E-state index contributed by atoms with van der Waals surface area (Å²) < 4.78 is 0. The maximum atomic E-state index is 12.3. The van der Waals surface area contributed by atoms with Crippen LogP contribution >= 0.6 is 11.3 Å². The Morgan fingerprint density at radius 2 is 2.00 bits per heavy atom. The van der Waals surface area contributed by atoms with Gasteiger partial charge in [0.1, 0.15) is 0 Å². The van der Waals surface area contributed by atoms with Crippen molar-refractivity contribution in [2.75, 3.05) is 11.9 Å². The van der Waals surface area contributed by atoms with Crippen LogP contribution in [-0.2, 0) is 4.79 Å². The molecule has 120 valence electrons. The number of nitrogens with one attached hydrogen (secondary N) is 2. The smallest absolute Gasteiger partial charge is 0.320 e. The van der Waals surface area contributed by atoms with Crippen LogP contribution in [-0.4, -0.2) is 35.5 Å². The highest BCUT2D eigenvalue weighted by atomic mass is 32.1. The van der Waals surface area contributed by atoms with Crippen LogP contribution < -0.4 is 10.6 Å². The van der Waals surface area contributed by atoms with Crippen molar-refractivity contribution in [3.05, 3.63) is 17.5 Å². The van der Waals surface area contributed by atoms with E-state index in [0.717, 1.165) is 17.8 Å². The summed E-state index contributed by atoms with van der Waals surface area (Å²) in [5.74, 6) is 0.188. The molecule has 3 amide bonds. The van der Waals surface area contributed by atoms with E-state index in [-0.39, 0.29) is 18.0 Å². The van der Waals surface area contributed by atoms with Gasteiger partial charge in [-0.1, -0.05) is 25.7 Å². The lowest BCUT2D eigenvalue weighted by Gasteiger charge is -2.27. The van der Waals surface area contributed by atoms with Crippen molar-refractivity contribution in [2.24, 2.45) is 0 Å². The second-order valence-electron chi connectivity index (χ2n) is 6.17. The number of carbonyl (C=O) groups is 2.